The number of piperazine rings is 1. The van der Waals surface area contributed by atoms with E-state index in [2.05, 4.69) is 42.5 Å². The molecule has 1 unspecified atom stereocenters. The number of amides is 1. The lowest BCUT2D eigenvalue weighted by Gasteiger charge is -2.33. The zero-order chi connectivity index (χ0) is 20.9. The van der Waals surface area contributed by atoms with Crippen molar-refractivity contribution in [2.24, 2.45) is 0 Å². The Labute approximate surface area is 182 Å². The number of pyridine rings is 1. The van der Waals surface area contributed by atoms with Crippen molar-refractivity contribution in [3.05, 3.63) is 82.5 Å². The lowest BCUT2D eigenvalue weighted by Crippen LogP contribution is -3.27. The number of quaternary nitrogens is 2. The fourth-order valence-corrected chi connectivity index (χ4v) is 5.25. The third kappa shape index (κ3) is 4.61. The number of aromatic amines is 1. The van der Waals surface area contributed by atoms with E-state index in [-0.39, 0.29) is 11.9 Å². The number of aromatic nitrogens is 1. The van der Waals surface area contributed by atoms with Crippen molar-refractivity contribution >= 4 is 22.2 Å². The molecular formula is C24H31N4OS+3. The summed E-state index contributed by atoms with van der Waals surface area (Å²) in [6, 6.07) is 16.3. The molecule has 3 aromatic rings. The Kier molecular flexibility index (Phi) is 6.57. The van der Waals surface area contributed by atoms with Crippen LogP contribution in [0.25, 0.3) is 0 Å². The Morgan fingerprint density at radius 3 is 2.47 bits per heavy atom. The van der Waals surface area contributed by atoms with Crippen LogP contribution in [-0.2, 0) is 6.42 Å². The minimum Gasteiger partial charge on any atom is -0.328 e. The Balaban J connectivity index is 1.71. The molecule has 4 N–H and O–H groups in total. The van der Waals surface area contributed by atoms with Gasteiger partial charge in [0.15, 0.2) is 12.4 Å². The number of H-pyrrole nitrogens is 1. The van der Waals surface area contributed by atoms with Crippen LogP contribution in [-0.4, -0.2) is 39.1 Å². The van der Waals surface area contributed by atoms with E-state index in [0.717, 1.165) is 24.5 Å². The molecule has 0 radical (unpaired) electrons. The standard InChI is InChI=1S/C24H28N4OS/c1-3-20-17-21(24(30-20)26-23(29)19-7-5-4-6-8-19)22(18-9-11-25-12-10-18)28-15-13-27(2)14-16-28/h4-12,17,22H,3,13-16H2,1-2H3,(H,26,29)/p+3. The van der Waals surface area contributed by atoms with Gasteiger partial charge in [-0.3, -0.25) is 4.79 Å². The minimum absolute atomic E-state index is 0.0423. The molecule has 0 aliphatic carbocycles. The number of aryl methyl sites for hydroxylation is 1. The van der Waals surface area contributed by atoms with Crippen LogP contribution in [0.4, 0.5) is 5.00 Å². The van der Waals surface area contributed by atoms with Gasteiger partial charge in [-0.2, -0.15) is 0 Å². The lowest BCUT2D eigenvalue weighted by atomic mass is 9.98. The smallest absolute Gasteiger partial charge is 0.256 e. The molecule has 0 saturated carbocycles. The van der Waals surface area contributed by atoms with E-state index >= 15 is 0 Å². The highest BCUT2D eigenvalue weighted by Crippen LogP contribution is 2.35. The SMILES string of the molecule is CCc1cc(C(c2cc[nH+]cc2)[NH+]2CC[NH+](C)CC2)c(NC(=O)c2ccccc2)s1. The van der Waals surface area contributed by atoms with Crippen LogP contribution in [0.1, 0.15) is 39.3 Å². The summed E-state index contributed by atoms with van der Waals surface area (Å²) >= 11 is 1.71. The second-order valence-corrected chi connectivity index (χ2v) is 9.19. The van der Waals surface area contributed by atoms with Crippen LogP contribution in [0.2, 0.25) is 0 Å². The largest absolute Gasteiger partial charge is 0.328 e. The summed E-state index contributed by atoms with van der Waals surface area (Å²) in [4.78, 5) is 20.5. The average molecular weight is 424 g/mol. The quantitative estimate of drug-likeness (QED) is 0.542. The number of likely N-dealkylation sites (N-methyl/N-ethyl adjacent to an activating group) is 1. The van der Waals surface area contributed by atoms with E-state index in [9.17, 15) is 4.79 Å². The van der Waals surface area contributed by atoms with Crippen molar-refractivity contribution in [3.8, 4) is 0 Å². The predicted molar refractivity (Wildman–Crippen MR) is 120 cm³/mol. The summed E-state index contributed by atoms with van der Waals surface area (Å²) in [5.74, 6) is -0.0423. The van der Waals surface area contributed by atoms with Gasteiger partial charge in [0.25, 0.3) is 5.91 Å². The van der Waals surface area contributed by atoms with Crippen LogP contribution >= 0.6 is 11.3 Å². The van der Waals surface area contributed by atoms with Crippen molar-refractivity contribution in [1.29, 1.82) is 0 Å². The first kappa shape index (κ1) is 20.7. The highest BCUT2D eigenvalue weighted by atomic mass is 32.1. The normalized spacial score (nSPS) is 19.9. The molecule has 0 spiro atoms. The molecular weight excluding hydrogens is 392 g/mol. The maximum absolute atomic E-state index is 12.9. The number of carbonyl (C=O) groups excluding carboxylic acids is 1. The van der Waals surface area contributed by atoms with Crippen molar-refractivity contribution in [2.75, 3.05) is 38.5 Å². The van der Waals surface area contributed by atoms with Crippen molar-refractivity contribution in [2.45, 2.75) is 19.4 Å². The molecule has 30 heavy (non-hydrogen) atoms. The van der Waals surface area contributed by atoms with Gasteiger partial charge in [0.1, 0.15) is 37.2 Å². The van der Waals surface area contributed by atoms with E-state index in [1.165, 1.54) is 29.1 Å². The zero-order valence-electron chi connectivity index (χ0n) is 17.7. The van der Waals surface area contributed by atoms with Crippen LogP contribution < -0.4 is 20.1 Å². The number of hydrogen-bond acceptors (Lipinski definition) is 2. The van der Waals surface area contributed by atoms with Crippen LogP contribution in [0.5, 0.6) is 0 Å². The highest BCUT2D eigenvalue weighted by Gasteiger charge is 2.34. The van der Waals surface area contributed by atoms with Gasteiger partial charge < -0.3 is 15.1 Å². The van der Waals surface area contributed by atoms with Gasteiger partial charge in [-0.1, -0.05) is 25.1 Å². The summed E-state index contributed by atoms with van der Waals surface area (Å²) in [6.07, 6.45) is 4.97. The average Bonchev–Trinajstić information content (AvgIpc) is 3.19. The minimum atomic E-state index is -0.0423. The molecule has 156 valence electrons. The van der Waals surface area contributed by atoms with Gasteiger partial charge in [-0.15, -0.1) is 11.3 Å². The van der Waals surface area contributed by atoms with E-state index < -0.39 is 0 Å². The molecule has 1 aliphatic heterocycles. The molecule has 1 atom stereocenters. The number of carbonyl (C=O) groups is 1. The first-order valence-corrected chi connectivity index (χ1v) is 11.6. The summed E-state index contributed by atoms with van der Waals surface area (Å²) in [7, 11) is 2.27. The van der Waals surface area contributed by atoms with Crippen LogP contribution in [0.3, 0.4) is 0 Å². The highest BCUT2D eigenvalue weighted by molar-refractivity contribution is 7.16. The molecule has 0 bridgehead atoms. The molecule has 3 heterocycles. The summed E-state index contributed by atoms with van der Waals surface area (Å²) in [6.45, 7) is 6.76. The van der Waals surface area contributed by atoms with Gasteiger partial charge in [0.2, 0.25) is 0 Å². The van der Waals surface area contributed by atoms with Crippen LogP contribution in [0, 0.1) is 0 Å². The summed E-state index contributed by atoms with van der Waals surface area (Å²) < 4.78 is 0. The summed E-state index contributed by atoms with van der Waals surface area (Å²) in [5.41, 5.74) is 3.22. The Hall–Kier alpha value is -2.54. The van der Waals surface area contributed by atoms with Gasteiger partial charge >= 0.3 is 0 Å². The molecule has 1 saturated heterocycles. The Morgan fingerprint density at radius 1 is 1.10 bits per heavy atom. The van der Waals surface area contributed by atoms with E-state index in [1.807, 2.05) is 42.7 Å². The number of thiophene rings is 1. The monoisotopic (exact) mass is 423 g/mol. The summed E-state index contributed by atoms with van der Waals surface area (Å²) in [5, 5.41) is 4.22. The van der Waals surface area contributed by atoms with Gasteiger partial charge in [0, 0.05) is 33.7 Å². The number of nitrogens with one attached hydrogen (secondary N) is 4. The second-order valence-electron chi connectivity index (χ2n) is 8.05. The Bertz CT molecular complexity index is 965. The first-order valence-electron chi connectivity index (χ1n) is 10.8. The van der Waals surface area contributed by atoms with E-state index in [4.69, 9.17) is 0 Å². The fraction of sp³-hybridized carbons (Fsp3) is 0.333. The molecule has 1 amide bonds. The van der Waals surface area contributed by atoms with Crippen molar-refractivity contribution in [1.82, 2.24) is 0 Å². The lowest BCUT2D eigenvalue weighted by molar-refractivity contribution is -1.02. The fourth-order valence-electron chi connectivity index (χ4n) is 4.22. The first-order chi connectivity index (χ1) is 14.7. The van der Waals surface area contributed by atoms with Crippen LogP contribution in [0.15, 0.2) is 60.9 Å². The molecule has 1 fully saturated rings. The molecule has 4 rings (SSSR count). The molecule has 2 aromatic heterocycles. The van der Waals surface area contributed by atoms with Crippen molar-refractivity contribution in [3.63, 3.8) is 0 Å². The third-order valence-electron chi connectivity index (χ3n) is 5.97. The number of hydrogen-bond donors (Lipinski definition) is 3. The maximum Gasteiger partial charge on any atom is 0.256 e. The maximum atomic E-state index is 12.9. The molecule has 5 nitrogen and oxygen atoms in total. The topological polar surface area (TPSA) is 52.1 Å². The predicted octanol–water partition coefficient (Wildman–Crippen LogP) is 0.880. The van der Waals surface area contributed by atoms with Gasteiger partial charge in [-0.25, -0.2) is 4.98 Å². The molecule has 6 heteroatoms. The van der Waals surface area contributed by atoms with E-state index in [1.54, 1.807) is 21.1 Å². The molecule has 1 aliphatic rings. The molecule has 1 aromatic carbocycles. The zero-order valence-corrected chi connectivity index (χ0v) is 18.5. The third-order valence-corrected chi connectivity index (χ3v) is 7.18. The van der Waals surface area contributed by atoms with Gasteiger partial charge in [0.05, 0.1) is 7.05 Å². The Morgan fingerprint density at radius 2 is 1.80 bits per heavy atom. The number of rotatable bonds is 6. The number of anilines is 1. The second kappa shape index (κ2) is 9.51. The van der Waals surface area contributed by atoms with Crippen molar-refractivity contribution < 1.29 is 19.6 Å². The number of benzene rings is 1. The van der Waals surface area contributed by atoms with Gasteiger partial charge in [-0.05, 0) is 24.6 Å². The van der Waals surface area contributed by atoms with E-state index in [0.29, 0.717) is 5.56 Å².